The van der Waals surface area contributed by atoms with Crippen molar-refractivity contribution in [3.8, 4) is 0 Å². The van der Waals surface area contributed by atoms with Crippen molar-refractivity contribution in [2.75, 3.05) is 137 Å². The Balaban J connectivity index is 0.000000147. The zero-order chi connectivity index (χ0) is 95.6. The van der Waals surface area contributed by atoms with Gasteiger partial charge in [-0.1, -0.05) is 115 Å². The van der Waals surface area contributed by atoms with Crippen LogP contribution in [-0.4, -0.2) is 301 Å². The fourth-order valence-corrected chi connectivity index (χ4v) is 26.8. The summed E-state index contributed by atoms with van der Waals surface area (Å²) in [7, 11) is -1.20. The molecule has 3 aliphatic carbocycles. The molecule has 18 rings (SSSR count). The van der Waals surface area contributed by atoms with E-state index in [4.69, 9.17) is 49.8 Å². The number of hydrogen-bond acceptors (Lipinski definition) is 18. The highest BCUT2D eigenvalue weighted by atomic mass is 79.9. The molecule has 9 saturated heterocycles. The number of piperazine rings is 3. The van der Waals surface area contributed by atoms with Crippen LogP contribution in [0.3, 0.4) is 0 Å². The lowest BCUT2D eigenvalue weighted by Gasteiger charge is -2.51. The lowest BCUT2D eigenvalue weighted by Crippen LogP contribution is -2.62. The Morgan fingerprint density at radius 3 is 0.800 bits per heavy atom. The first-order valence-electron chi connectivity index (χ1n) is 51.3. The highest BCUT2D eigenvalue weighted by Gasteiger charge is 2.48. The minimum atomic E-state index is -0.399. The monoisotopic (exact) mass is 2090 g/mol. The van der Waals surface area contributed by atoms with E-state index < -0.39 is 21.2 Å². The smallest absolute Gasteiger partial charge is 0.376 e. The molecule has 3 aromatic carbocycles. The topological polar surface area (TPSA) is 189 Å². The van der Waals surface area contributed by atoms with E-state index in [0.29, 0.717) is 72.9 Å². The third kappa shape index (κ3) is 25.1. The van der Waals surface area contributed by atoms with Gasteiger partial charge in [-0.05, 0) is 362 Å². The van der Waals surface area contributed by atoms with E-state index in [1.54, 1.807) is 0 Å². The van der Waals surface area contributed by atoms with Gasteiger partial charge in [0.25, 0.3) is 0 Å². The van der Waals surface area contributed by atoms with E-state index in [2.05, 4.69) is 223 Å². The number of benzene rings is 3. The van der Waals surface area contributed by atoms with Gasteiger partial charge in [0.15, 0.2) is 0 Å². The maximum atomic E-state index is 13.7. The largest absolute Gasteiger partial charge is 0.437 e. The van der Waals surface area contributed by atoms with Crippen molar-refractivity contribution in [3.05, 3.63) is 187 Å². The second-order valence-electron chi connectivity index (χ2n) is 45.0. The number of amides is 3. The summed E-state index contributed by atoms with van der Waals surface area (Å²) < 4.78 is 3.11. The van der Waals surface area contributed by atoms with E-state index in [1.807, 2.05) is 57.3 Å². The van der Waals surface area contributed by atoms with Crippen LogP contribution in [0.15, 0.2) is 105 Å². The number of aromatic nitrogens is 3. The van der Waals surface area contributed by atoms with Crippen LogP contribution >= 0.6 is 82.6 Å². The lowest BCUT2D eigenvalue weighted by molar-refractivity contribution is -0.142. The van der Waals surface area contributed by atoms with Gasteiger partial charge in [-0.3, -0.25) is 58.7 Å². The van der Waals surface area contributed by atoms with Crippen molar-refractivity contribution in [2.45, 2.75) is 272 Å². The highest BCUT2D eigenvalue weighted by molar-refractivity contribution is 9.11. The van der Waals surface area contributed by atoms with E-state index in [9.17, 15) is 29.5 Å². The third-order valence-corrected chi connectivity index (χ3v) is 35.1. The number of fused-ring (bicyclic) bond motifs is 6. The molecule has 30 heteroatoms. The number of halogens is 6. The highest BCUT2D eigenvalue weighted by Crippen LogP contribution is 2.46. The molecular weight excluding hydrogens is 1950 g/mol. The normalized spacial score (nSPS) is 24.6. The molecule has 0 radical (unpaired) electrons. The van der Waals surface area contributed by atoms with Crippen molar-refractivity contribution < 1.29 is 29.5 Å². The molecule has 21 nitrogen and oxygen atoms in total. The molecule has 732 valence electrons. The van der Waals surface area contributed by atoms with Gasteiger partial charge in [0.1, 0.15) is 0 Å². The van der Waals surface area contributed by atoms with Gasteiger partial charge in [0, 0.05) is 201 Å². The fourth-order valence-electron chi connectivity index (χ4n) is 25.1. The fraction of sp³-hybridized carbons (Fsp3) is 0.657. The van der Waals surface area contributed by atoms with Gasteiger partial charge in [-0.2, -0.15) is 0 Å². The second kappa shape index (κ2) is 45.2. The van der Waals surface area contributed by atoms with Crippen LogP contribution in [0.2, 0.25) is 35.5 Å². The number of piperidine rings is 6. The summed E-state index contributed by atoms with van der Waals surface area (Å²) >= 11 is 30.4. The predicted molar refractivity (Wildman–Crippen MR) is 560 cm³/mol. The van der Waals surface area contributed by atoms with Crippen LogP contribution in [0, 0.1) is 34.0 Å². The van der Waals surface area contributed by atoms with Gasteiger partial charge < -0.3 is 44.2 Å². The Morgan fingerprint density at radius 1 is 0.333 bits per heavy atom. The summed E-state index contributed by atoms with van der Waals surface area (Å²) in [5.41, 5.74) is 15.6. The number of hydrogen-bond donors (Lipinski definition) is 3. The minimum absolute atomic E-state index is 0.0136. The zero-order valence-electron chi connectivity index (χ0n) is 82.6. The summed E-state index contributed by atoms with van der Waals surface area (Å²) in [6, 6.07) is 28.7. The molecule has 6 aromatic rings. The summed E-state index contributed by atoms with van der Waals surface area (Å²) in [4.78, 5) is 85.2. The van der Waals surface area contributed by atoms with Crippen LogP contribution in [-0.2, 0) is 52.9 Å². The standard InChI is InChI=1S/3C35H50BBrClN5O2/c3*1-35(2,3)31-23-41(17-18-43(31)32(44)19-24-9-15-42(16-10-24)36(4)45)29-11-13-40(14-12-29)34-30-8-7-28(38)21-25(30)5-6-26-20-27(37)22-39-33(26)34/h3*7-8,20-22,24,29,31,34,45H,5-6,9-19,23H2,1-4H3/t3*31-,34?/m111/s1. The Kier molecular flexibility index (Phi) is 34.7. The Morgan fingerprint density at radius 2 is 0.570 bits per heavy atom. The number of aryl methyl sites for hydroxylation is 6. The maximum absolute atomic E-state index is 13.7. The van der Waals surface area contributed by atoms with E-state index in [0.717, 1.165) is 282 Å². The first kappa shape index (κ1) is 103. The molecule has 3 unspecified atom stereocenters. The van der Waals surface area contributed by atoms with Crippen LogP contribution in [0.4, 0.5) is 0 Å². The van der Waals surface area contributed by atoms with Crippen LogP contribution in [0.25, 0.3) is 0 Å². The molecule has 135 heavy (non-hydrogen) atoms. The first-order chi connectivity index (χ1) is 64.4. The van der Waals surface area contributed by atoms with Crippen molar-refractivity contribution in [1.82, 2.24) is 73.5 Å². The molecule has 3 amide bonds. The number of carbonyl (C=O) groups excluding carboxylic acids is 3. The molecule has 12 heterocycles. The molecule has 6 atom stereocenters. The SMILES string of the molecule is CB(O)N1CCC(CC(=O)N2CCN(C3CCN(C4c5ccc(Cl)cc5CCc5cc(Br)cnc54)CC3)C[C@@H]2C(C)(C)C)CC1.CB(O)N1CCC(CC(=O)N2CCN(C3CCN(C4c5ccc(Cl)cc5CCc5cc(Br)cnc54)CC3)C[C@@H]2C(C)(C)C)CC1.CB(O)N1CCC(CC(=O)N2CCN(C3CCN(C4c5ccc(Cl)cc5CCc5cc(Br)cnc54)CC3)C[C@@H]2C(C)(C)C)CC1. The summed E-state index contributed by atoms with van der Waals surface area (Å²) in [6.07, 6.45) is 26.3. The number of pyridine rings is 3. The third-order valence-electron chi connectivity index (χ3n) is 33.1. The maximum Gasteiger partial charge on any atom is 0.376 e. The van der Waals surface area contributed by atoms with Crippen molar-refractivity contribution in [3.63, 3.8) is 0 Å². The quantitative estimate of drug-likeness (QED) is 0.0822. The van der Waals surface area contributed by atoms with E-state index in [1.165, 1.54) is 67.2 Å². The minimum Gasteiger partial charge on any atom is -0.437 e. The number of nitrogens with zero attached hydrogens (tertiary/aromatic N) is 15. The zero-order valence-corrected chi connectivity index (χ0v) is 89.6. The van der Waals surface area contributed by atoms with Crippen LogP contribution in [0.5, 0.6) is 0 Å². The lowest BCUT2D eigenvalue weighted by atomic mass is 9.80. The number of carbonyl (C=O) groups is 3. The first-order valence-corrected chi connectivity index (χ1v) is 54.8. The average Bonchev–Trinajstić information content (AvgIpc) is 1.65. The van der Waals surface area contributed by atoms with E-state index >= 15 is 0 Å². The molecular formula is C105H150B3Br3Cl3N15O6. The van der Waals surface area contributed by atoms with Gasteiger partial charge in [-0.15, -0.1) is 0 Å². The number of rotatable bonds is 15. The Hall–Kier alpha value is -4.46. The summed E-state index contributed by atoms with van der Waals surface area (Å²) in [6.45, 7) is 45.8. The van der Waals surface area contributed by atoms with Gasteiger partial charge >= 0.3 is 21.2 Å². The van der Waals surface area contributed by atoms with E-state index in [-0.39, 0.29) is 52.5 Å². The Bertz CT molecular complexity index is 4390. The molecule has 9 aliphatic heterocycles. The summed E-state index contributed by atoms with van der Waals surface area (Å²) in [5.74, 6) is 2.23. The molecule has 3 N–H and O–H groups in total. The Labute approximate surface area is 848 Å². The molecule has 12 aliphatic rings. The molecule has 0 saturated carbocycles. The number of likely N-dealkylation sites (tertiary alicyclic amines) is 3. The molecule has 0 spiro atoms. The van der Waals surface area contributed by atoms with Gasteiger partial charge in [-0.25, -0.2) is 0 Å². The summed E-state index contributed by atoms with van der Waals surface area (Å²) in [5, 5.41) is 32.2. The molecule has 3 aromatic heterocycles. The van der Waals surface area contributed by atoms with Crippen molar-refractivity contribution in [1.29, 1.82) is 0 Å². The van der Waals surface area contributed by atoms with Crippen LogP contribution < -0.4 is 0 Å². The second-order valence-corrected chi connectivity index (χ2v) is 49.0. The predicted octanol–water partition coefficient (Wildman–Crippen LogP) is 17.8. The van der Waals surface area contributed by atoms with Crippen LogP contribution in [0.1, 0.15) is 244 Å². The molecule has 0 bridgehead atoms. The molecule has 9 fully saturated rings. The van der Waals surface area contributed by atoms with Gasteiger partial charge in [0.2, 0.25) is 17.7 Å². The van der Waals surface area contributed by atoms with Gasteiger partial charge in [0.05, 0.1) is 35.2 Å². The van der Waals surface area contributed by atoms with Crippen molar-refractivity contribution in [2.24, 2.45) is 34.0 Å². The average molecular weight is 2100 g/mol. The van der Waals surface area contributed by atoms with Crippen molar-refractivity contribution >= 4 is 121 Å².